The molecule has 13 rings (SSSR count). The summed E-state index contributed by atoms with van der Waals surface area (Å²) in [6, 6.07) is 39.7. The number of thioether (sulfide) groups is 4. The molecule has 1 atom stereocenters. The van der Waals surface area contributed by atoms with E-state index in [0.29, 0.717) is 105 Å². The first-order chi connectivity index (χ1) is 52.1. The number of nitrogens with zero attached hydrogens (tertiary/aromatic N) is 8. The number of carbonyl (C=O) groups excluding carboxylic acids is 4. The van der Waals surface area contributed by atoms with Crippen LogP contribution in [0.5, 0.6) is 23.0 Å². The number of Topliss-reactive ketones (excluding diaryl/α,β-unsaturated/α-hetero) is 4. The Labute approximate surface area is 647 Å². The number of benzene rings is 4. The number of halogens is 3. The van der Waals surface area contributed by atoms with Gasteiger partial charge in [-0.05, 0) is 100.0 Å². The van der Waals surface area contributed by atoms with Crippen LogP contribution in [0, 0.1) is 27.7 Å². The highest BCUT2D eigenvalue weighted by atomic mass is 35.5. The number of rotatable bonds is 26. The summed E-state index contributed by atoms with van der Waals surface area (Å²) in [5.41, 5.74) is 4.99. The van der Waals surface area contributed by atoms with Gasteiger partial charge in [-0.15, -0.1) is 0 Å². The maximum absolute atomic E-state index is 12.4. The lowest BCUT2D eigenvalue weighted by Gasteiger charge is -2.11. The summed E-state index contributed by atoms with van der Waals surface area (Å²) < 4.78 is 43.3. The fourth-order valence-corrected chi connectivity index (χ4v) is 12.7. The Balaban J connectivity index is 0.000000154. The number of aryl methyl sites for hydroxylation is 4. The van der Waals surface area contributed by atoms with Gasteiger partial charge in [0, 0.05) is 106 Å². The second kappa shape index (κ2) is 39.7. The molecule has 108 heavy (non-hydrogen) atoms. The smallest absolute Gasteiger partial charge is 0.227 e. The highest BCUT2D eigenvalue weighted by Gasteiger charge is 2.32. The number of carbonyl (C=O) groups is 4. The number of hydrogen-bond donors (Lipinski definition) is 0. The van der Waals surface area contributed by atoms with Gasteiger partial charge in [0.05, 0.1) is 33.1 Å². The molecule has 31 heteroatoms. The molecular formula is C77H61Cl3N8O16S4. The van der Waals surface area contributed by atoms with Crippen LogP contribution in [-0.4, -0.2) is 88.9 Å². The van der Waals surface area contributed by atoms with Gasteiger partial charge in [-0.25, -0.2) is 39.9 Å². The Hall–Kier alpha value is -10.9. The van der Waals surface area contributed by atoms with E-state index >= 15 is 0 Å². The van der Waals surface area contributed by atoms with Gasteiger partial charge >= 0.3 is 0 Å². The van der Waals surface area contributed by atoms with Gasteiger partial charge in [-0.1, -0.05) is 136 Å². The molecule has 1 unspecified atom stereocenters. The lowest BCUT2D eigenvalue weighted by atomic mass is 10.1. The van der Waals surface area contributed by atoms with Crippen molar-refractivity contribution in [3.63, 3.8) is 0 Å². The molecule has 0 amide bonds. The van der Waals surface area contributed by atoms with Crippen LogP contribution in [0.4, 0.5) is 0 Å². The van der Waals surface area contributed by atoms with E-state index in [0.717, 1.165) is 28.3 Å². The van der Waals surface area contributed by atoms with Crippen LogP contribution in [0.25, 0.3) is 0 Å². The first-order valence-electron chi connectivity index (χ1n) is 32.3. The van der Waals surface area contributed by atoms with Crippen molar-refractivity contribution < 1.29 is 55.8 Å². The topological polar surface area (TPSA) is 329 Å². The van der Waals surface area contributed by atoms with E-state index in [1.807, 2.05) is 70.2 Å². The molecule has 0 aliphatic heterocycles. The molecule has 0 spiro atoms. The fraction of sp³-hybridized carbons (Fsp3) is 0.169. The van der Waals surface area contributed by atoms with Gasteiger partial charge in [0.25, 0.3) is 0 Å². The van der Waals surface area contributed by atoms with Gasteiger partial charge in [0.15, 0.2) is 63.9 Å². The van der Waals surface area contributed by atoms with Crippen LogP contribution in [-0.2, 0) is 29.4 Å². The van der Waals surface area contributed by atoms with E-state index in [1.165, 1.54) is 115 Å². The highest BCUT2D eigenvalue weighted by Crippen LogP contribution is 2.28. The van der Waals surface area contributed by atoms with Crippen molar-refractivity contribution in [2.75, 3.05) is 19.8 Å². The molecule has 8 heterocycles. The third kappa shape index (κ3) is 24.3. The predicted octanol–water partition coefficient (Wildman–Crippen LogP) is 15.1. The second-order valence-corrected chi connectivity index (χ2v) is 27.9. The Bertz CT molecular complexity index is 5430. The fourth-order valence-electron chi connectivity index (χ4n) is 9.25. The molecule has 0 N–H and O–H groups in total. The molecule has 0 bridgehead atoms. The van der Waals surface area contributed by atoms with Crippen molar-refractivity contribution in [2.45, 2.75) is 83.9 Å². The van der Waals surface area contributed by atoms with E-state index in [4.69, 9.17) is 71.4 Å². The quantitative estimate of drug-likeness (QED) is 0.0276. The van der Waals surface area contributed by atoms with Gasteiger partial charge in [-0.3, -0.25) is 38.4 Å². The molecule has 12 aromatic rings. The molecular weight excluding hydrogens is 1530 g/mol. The van der Waals surface area contributed by atoms with Crippen molar-refractivity contribution in [3.05, 3.63) is 325 Å². The monoisotopic (exact) mass is 1590 g/mol. The number of aromatic nitrogens is 8. The van der Waals surface area contributed by atoms with Gasteiger partial charge in [0.2, 0.25) is 50.5 Å². The first kappa shape index (κ1) is 79.7. The Kier molecular flexibility index (Phi) is 29.3. The molecule has 4 aromatic carbocycles. The van der Waals surface area contributed by atoms with Crippen LogP contribution in [0.1, 0.15) is 92.8 Å². The summed E-state index contributed by atoms with van der Waals surface area (Å²) in [5.74, 6) is 2.59. The largest absolute Gasteiger partial charge is 0.478 e. The normalized spacial score (nSPS) is 11.8. The maximum atomic E-state index is 12.4. The maximum Gasteiger partial charge on any atom is 0.227 e. The first-order valence-corrected chi connectivity index (χ1v) is 37.4. The summed E-state index contributed by atoms with van der Waals surface area (Å²) in [7, 11) is 0. The highest BCUT2D eigenvalue weighted by molar-refractivity contribution is 7.99. The molecule has 8 aromatic heterocycles. The number of fused-ring (bicyclic) bond motifs is 1. The zero-order valence-electron chi connectivity index (χ0n) is 57.6. The summed E-state index contributed by atoms with van der Waals surface area (Å²) in [5, 5.41) is 3.59. The Morgan fingerprint density at radius 2 is 0.759 bits per heavy atom. The molecule has 0 saturated carbocycles. The van der Waals surface area contributed by atoms with Gasteiger partial charge in [-0.2, -0.15) is 0 Å². The van der Waals surface area contributed by atoms with Crippen LogP contribution in [0.3, 0.4) is 0 Å². The second-order valence-electron chi connectivity index (χ2n) is 22.8. The standard InChI is InChI=1S/C20H16N2O4S.C19H14Cl2N2O4S.C19H15ClN2O4S.C19H16N2O4S/c1-12-6-7-21-20(22-12)27-11-14-9-16(23)18(10-25-14)26-17-8-13-4-2-3-5-15(13)19(17)24;1-11-4-5-22-19(23-11)28-10-13-7-16(24)18(9-26-13)27-8-17(25)12-2-3-14(20)15(21)6-12;1-12-6-7-21-19(22-12)27-11-15-8-16(23)18(10-25-15)26-9-17(24)13-2-4-14(20)5-3-13;1-13-7-8-20-19(21-13)26-12-15-9-16(22)18(11-24-15)25-10-17(23)14-5-3-2-4-6-14/h2-7,9-10,17H,8,11H2,1H3;2-7,9H,8,10H2,1H3;2-8,10H,9,11H2,1H3;2-9,11H,10,12H2,1H3. The van der Waals surface area contributed by atoms with Crippen molar-refractivity contribution in [3.8, 4) is 23.0 Å². The number of ketones is 4. The van der Waals surface area contributed by atoms with E-state index in [9.17, 15) is 38.4 Å². The molecule has 0 radical (unpaired) electrons. The minimum Gasteiger partial charge on any atom is -0.478 e. The van der Waals surface area contributed by atoms with Crippen molar-refractivity contribution in [1.29, 1.82) is 0 Å². The van der Waals surface area contributed by atoms with Gasteiger partial charge in [0.1, 0.15) is 48.1 Å². The van der Waals surface area contributed by atoms with E-state index in [2.05, 4.69) is 39.9 Å². The van der Waals surface area contributed by atoms with Crippen molar-refractivity contribution in [2.24, 2.45) is 0 Å². The number of hydrogen-bond acceptors (Lipinski definition) is 28. The SMILES string of the molecule is Cc1ccnc(SCc2cc(=O)c(OC3Cc4ccccc4C3=O)co2)n1.Cc1ccnc(SCc2cc(=O)c(OCC(=O)c3ccc(Cl)c(Cl)c3)co2)n1.Cc1ccnc(SCc2cc(=O)c(OCC(=O)c3ccc(Cl)cc3)co2)n1.Cc1ccnc(SCc2cc(=O)c(OCC(=O)c3ccccc3)co2)n1. The lowest BCUT2D eigenvalue weighted by Crippen LogP contribution is -2.26. The molecule has 0 saturated heterocycles. The Morgan fingerprint density at radius 1 is 0.407 bits per heavy atom. The van der Waals surface area contributed by atoms with Crippen LogP contribution in [0.2, 0.25) is 15.1 Å². The average molecular weight is 1590 g/mol. The van der Waals surface area contributed by atoms with Gasteiger partial charge < -0.3 is 36.6 Å². The van der Waals surface area contributed by atoms with E-state index in [-0.39, 0.29) is 92.7 Å². The molecule has 1 aliphatic rings. The summed E-state index contributed by atoms with van der Waals surface area (Å²) in [4.78, 5) is 131. The zero-order valence-corrected chi connectivity index (χ0v) is 63.1. The predicted molar refractivity (Wildman–Crippen MR) is 408 cm³/mol. The summed E-state index contributed by atoms with van der Waals surface area (Å²) >= 11 is 23.0. The minimum absolute atomic E-state index is 0.00911. The zero-order chi connectivity index (χ0) is 76.5. The molecule has 1 aliphatic carbocycles. The Morgan fingerprint density at radius 3 is 1.13 bits per heavy atom. The third-order valence-electron chi connectivity index (χ3n) is 14.7. The van der Waals surface area contributed by atoms with Crippen molar-refractivity contribution >= 4 is 105 Å². The van der Waals surface area contributed by atoms with E-state index in [1.54, 1.807) is 85.5 Å². The summed E-state index contributed by atoms with van der Waals surface area (Å²) in [6.07, 6.45) is 11.4. The molecule has 24 nitrogen and oxygen atoms in total. The lowest BCUT2D eigenvalue weighted by molar-refractivity contribution is 0.0815. The van der Waals surface area contributed by atoms with Crippen LogP contribution >= 0.6 is 81.9 Å². The molecule has 0 fully saturated rings. The average Bonchev–Trinajstić information content (AvgIpc) is 1.66. The van der Waals surface area contributed by atoms with Crippen molar-refractivity contribution in [1.82, 2.24) is 39.9 Å². The number of ether oxygens (including phenoxy) is 4. The third-order valence-corrected chi connectivity index (χ3v) is 19.2. The molecule has 550 valence electrons. The van der Waals surface area contributed by atoms with Crippen LogP contribution in [0.15, 0.2) is 253 Å². The summed E-state index contributed by atoms with van der Waals surface area (Å²) in [6.45, 7) is 6.71. The van der Waals surface area contributed by atoms with Crippen LogP contribution < -0.4 is 40.7 Å². The minimum atomic E-state index is -0.689. The van der Waals surface area contributed by atoms with E-state index < -0.39 is 6.10 Å².